The lowest BCUT2D eigenvalue weighted by Gasteiger charge is -2.25. The molecule has 1 aromatic rings. The van der Waals surface area contributed by atoms with E-state index in [4.69, 9.17) is 0 Å². The monoisotopic (exact) mass is 311 g/mol. The molecule has 0 spiro atoms. The van der Waals surface area contributed by atoms with Crippen molar-refractivity contribution >= 4 is 15.7 Å². The van der Waals surface area contributed by atoms with Gasteiger partial charge in [-0.1, -0.05) is 12.1 Å². The first-order valence-corrected chi connectivity index (χ1v) is 8.69. The van der Waals surface area contributed by atoms with Crippen molar-refractivity contribution in [2.45, 2.75) is 51.2 Å². The zero-order valence-corrected chi connectivity index (χ0v) is 14.5. The van der Waals surface area contributed by atoms with Crippen molar-refractivity contribution in [3.63, 3.8) is 0 Å². The van der Waals surface area contributed by atoms with Gasteiger partial charge in [0.2, 0.25) is 0 Å². The van der Waals surface area contributed by atoms with Crippen LogP contribution < -0.4 is 0 Å². The number of nitrogens with zero attached hydrogens (tertiary/aromatic N) is 1. The average molecular weight is 311 g/mol. The maximum atomic E-state index is 12.8. The molecule has 21 heavy (non-hydrogen) atoms. The third-order valence-electron chi connectivity index (χ3n) is 3.57. The topological polar surface area (TPSA) is 54.5 Å². The largest absolute Gasteiger partial charge is 0.339 e. The van der Waals surface area contributed by atoms with Gasteiger partial charge < -0.3 is 4.90 Å². The van der Waals surface area contributed by atoms with Gasteiger partial charge in [-0.15, -0.1) is 0 Å². The highest BCUT2D eigenvalue weighted by atomic mass is 32.2. The standard InChI is InChI=1S/C16H25NO3S/c1-7-17(8-2)15(18)13-11-9-10-12(3)14(13)21(19,20)16(4,5)6/h9-11H,7-8H2,1-6H3. The Balaban J connectivity index is 3.59. The number of amides is 1. The molecule has 0 aliphatic rings. The predicted molar refractivity (Wildman–Crippen MR) is 85.4 cm³/mol. The SMILES string of the molecule is CCN(CC)C(=O)c1cccc(C)c1S(=O)(=O)C(C)(C)C. The second-order valence-corrected chi connectivity index (χ2v) is 8.68. The maximum Gasteiger partial charge on any atom is 0.255 e. The molecule has 1 amide bonds. The summed E-state index contributed by atoms with van der Waals surface area (Å²) < 4.78 is 24.7. The molecule has 0 N–H and O–H groups in total. The number of hydrogen-bond acceptors (Lipinski definition) is 3. The zero-order valence-electron chi connectivity index (χ0n) is 13.7. The Hall–Kier alpha value is -1.36. The molecule has 0 fully saturated rings. The number of sulfone groups is 1. The third-order valence-corrected chi connectivity index (χ3v) is 6.26. The molecule has 0 atom stereocenters. The summed E-state index contributed by atoms with van der Waals surface area (Å²) in [6, 6.07) is 5.07. The smallest absolute Gasteiger partial charge is 0.255 e. The highest BCUT2D eigenvalue weighted by Crippen LogP contribution is 2.30. The van der Waals surface area contributed by atoms with Crippen molar-refractivity contribution in [2.75, 3.05) is 13.1 Å². The van der Waals surface area contributed by atoms with Crippen LogP contribution in [-0.4, -0.2) is 37.1 Å². The highest BCUT2D eigenvalue weighted by molar-refractivity contribution is 7.92. The van der Waals surface area contributed by atoms with Gasteiger partial charge in [-0.05, 0) is 53.2 Å². The highest BCUT2D eigenvalue weighted by Gasteiger charge is 2.35. The number of aryl methyl sites for hydroxylation is 1. The Labute approximate surface area is 128 Å². The molecule has 0 aromatic heterocycles. The normalized spacial score (nSPS) is 12.3. The van der Waals surface area contributed by atoms with E-state index in [1.807, 2.05) is 13.8 Å². The molecule has 118 valence electrons. The Kier molecular flexibility index (Phi) is 5.20. The van der Waals surface area contributed by atoms with Crippen LogP contribution >= 0.6 is 0 Å². The lowest BCUT2D eigenvalue weighted by Crippen LogP contribution is -2.34. The summed E-state index contributed by atoms with van der Waals surface area (Å²) in [5, 5.41) is 0. The van der Waals surface area contributed by atoms with Crippen LogP contribution in [0.25, 0.3) is 0 Å². The van der Waals surface area contributed by atoms with Crippen molar-refractivity contribution in [1.82, 2.24) is 4.90 Å². The fourth-order valence-corrected chi connectivity index (χ4v) is 3.71. The molecule has 0 bridgehead atoms. The van der Waals surface area contributed by atoms with Gasteiger partial charge in [-0.25, -0.2) is 8.42 Å². The van der Waals surface area contributed by atoms with Gasteiger partial charge >= 0.3 is 0 Å². The predicted octanol–water partition coefficient (Wildman–Crippen LogP) is 3.05. The van der Waals surface area contributed by atoms with Gasteiger partial charge in [-0.2, -0.15) is 0 Å². The summed E-state index contributed by atoms with van der Waals surface area (Å²) >= 11 is 0. The maximum absolute atomic E-state index is 12.8. The van der Waals surface area contributed by atoms with E-state index in [2.05, 4.69) is 0 Å². The van der Waals surface area contributed by atoms with E-state index in [0.717, 1.165) is 0 Å². The van der Waals surface area contributed by atoms with Crippen LogP contribution in [0.15, 0.2) is 23.1 Å². The fourth-order valence-electron chi connectivity index (χ4n) is 2.16. The Bertz CT molecular complexity index is 623. The van der Waals surface area contributed by atoms with E-state index in [1.165, 1.54) is 0 Å². The number of rotatable bonds is 4. The van der Waals surface area contributed by atoms with Crippen LogP contribution in [0.1, 0.15) is 50.5 Å². The number of benzene rings is 1. The molecular weight excluding hydrogens is 286 g/mol. The molecule has 0 saturated heterocycles. The minimum absolute atomic E-state index is 0.161. The van der Waals surface area contributed by atoms with Crippen LogP contribution in [0.2, 0.25) is 0 Å². The Morgan fingerprint density at radius 3 is 2.10 bits per heavy atom. The summed E-state index contributed by atoms with van der Waals surface area (Å²) in [5.41, 5.74) is 0.886. The van der Waals surface area contributed by atoms with Crippen LogP contribution in [0.3, 0.4) is 0 Å². The van der Waals surface area contributed by atoms with Gasteiger partial charge in [0, 0.05) is 13.1 Å². The van der Waals surface area contributed by atoms with Gasteiger partial charge in [0.1, 0.15) is 0 Å². The van der Waals surface area contributed by atoms with E-state index in [-0.39, 0.29) is 16.4 Å². The second kappa shape index (κ2) is 6.18. The van der Waals surface area contributed by atoms with Crippen molar-refractivity contribution < 1.29 is 13.2 Å². The molecule has 0 aliphatic heterocycles. The lowest BCUT2D eigenvalue weighted by atomic mass is 10.1. The molecular formula is C16H25NO3S. The molecule has 4 nitrogen and oxygen atoms in total. The second-order valence-electron chi connectivity index (χ2n) is 6.04. The molecule has 0 heterocycles. The Morgan fingerprint density at radius 2 is 1.67 bits per heavy atom. The van der Waals surface area contributed by atoms with Gasteiger partial charge in [0.25, 0.3) is 5.91 Å². The van der Waals surface area contributed by atoms with Crippen LogP contribution in [0.4, 0.5) is 0 Å². The van der Waals surface area contributed by atoms with E-state index in [1.54, 1.807) is 50.8 Å². The molecule has 0 radical (unpaired) electrons. The van der Waals surface area contributed by atoms with E-state index >= 15 is 0 Å². The van der Waals surface area contributed by atoms with Gasteiger partial charge in [-0.3, -0.25) is 4.79 Å². The van der Waals surface area contributed by atoms with Crippen LogP contribution in [-0.2, 0) is 9.84 Å². The summed E-state index contributed by atoms with van der Waals surface area (Å²) in [6.45, 7) is 11.6. The first-order chi connectivity index (χ1) is 9.57. The molecule has 0 saturated carbocycles. The summed E-state index contributed by atoms with van der Waals surface area (Å²) in [4.78, 5) is 14.4. The Morgan fingerprint density at radius 1 is 1.14 bits per heavy atom. The summed E-state index contributed by atoms with van der Waals surface area (Å²) in [5.74, 6) is -0.230. The zero-order chi connectivity index (χ0) is 16.4. The molecule has 1 aromatic carbocycles. The minimum atomic E-state index is -3.58. The molecule has 0 aliphatic carbocycles. The number of carbonyl (C=O) groups excluding carboxylic acids is 1. The fraction of sp³-hybridized carbons (Fsp3) is 0.562. The molecule has 0 unspecified atom stereocenters. The van der Waals surface area contributed by atoms with Crippen molar-refractivity contribution in [2.24, 2.45) is 0 Å². The number of carbonyl (C=O) groups is 1. The third kappa shape index (κ3) is 3.28. The first kappa shape index (κ1) is 17.7. The minimum Gasteiger partial charge on any atom is -0.339 e. The van der Waals surface area contributed by atoms with E-state index < -0.39 is 14.6 Å². The van der Waals surface area contributed by atoms with Gasteiger partial charge in [0.05, 0.1) is 15.2 Å². The van der Waals surface area contributed by atoms with E-state index in [0.29, 0.717) is 18.7 Å². The summed E-state index contributed by atoms with van der Waals surface area (Å²) in [6.07, 6.45) is 0. The van der Waals surface area contributed by atoms with E-state index in [9.17, 15) is 13.2 Å². The quantitative estimate of drug-likeness (QED) is 0.859. The van der Waals surface area contributed by atoms with Crippen LogP contribution in [0.5, 0.6) is 0 Å². The average Bonchev–Trinajstić information content (AvgIpc) is 2.38. The summed E-state index contributed by atoms with van der Waals surface area (Å²) in [7, 11) is -3.58. The number of hydrogen-bond donors (Lipinski definition) is 0. The van der Waals surface area contributed by atoms with Crippen LogP contribution in [0, 0.1) is 6.92 Å². The lowest BCUT2D eigenvalue weighted by molar-refractivity contribution is 0.0769. The first-order valence-electron chi connectivity index (χ1n) is 7.21. The van der Waals surface area contributed by atoms with Gasteiger partial charge in [0.15, 0.2) is 9.84 Å². The van der Waals surface area contributed by atoms with Crippen molar-refractivity contribution in [3.05, 3.63) is 29.3 Å². The molecule has 5 heteroatoms. The molecule has 1 rings (SSSR count). The van der Waals surface area contributed by atoms with Crippen molar-refractivity contribution in [3.8, 4) is 0 Å². The van der Waals surface area contributed by atoms with Crippen molar-refractivity contribution in [1.29, 1.82) is 0 Å².